The molecule has 0 spiro atoms. The second-order valence-electron chi connectivity index (χ2n) is 5.09. The molecular weight excluding hydrogens is 254 g/mol. The third-order valence-corrected chi connectivity index (χ3v) is 3.62. The number of aliphatic carboxylic acids is 1. The van der Waals surface area contributed by atoms with Crippen LogP contribution in [0.4, 0.5) is 8.78 Å². The van der Waals surface area contributed by atoms with Crippen LogP contribution in [0.3, 0.4) is 0 Å². The number of aryl methyl sites for hydroxylation is 1. The maximum atomic E-state index is 13.0. The van der Waals surface area contributed by atoms with Gasteiger partial charge in [-0.05, 0) is 25.8 Å². The Balaban J connectivity index is 2.53. The summed E-state index contributed by atoms with van der Waals surface area (Å²) in [7, 11) is 1.34. The van der Waals surface area contributed by atoms with Crippen LogP contribution in [-0.2, 0) is 10.2 Å². The van der Waals surface area contributed by atoms with Crippen LogP contribution in [0.5, 0.6) is 5.75 Å². The summed E-state index contributed by atoms with van der Waals surface area (Å²) in [5.41, 5.74) is 0.608. The number of carbonyl (C=O) groups is 1. The summed E-state index contributed by atoms with van der Waals surface area (Å²) >= 11 is 0. The van der Waals surface area contributed by atoms with E-state index in [1.54, 1.807) is 13.0 Å². The molecule has 1 saturated carbocycles. The smallest absolute Gasteiger partial charge is 0.304 e. The topological polar surface area (TPSA) is 46.5 Å². The van der Waals surface area contributed by atoms with Crippen molar-refractivity contribution in [3.8, 4) is 5.75 Å². The van der Waals surface area contributed by atoms with Gasteiger partial charge in [0, 0.05) is 11.0 Å². The zero-order valence-electron chi connectivity index (χ0n) is 10.9. The first kappa shape index (κ1) is 13.8. The van der Waals surface area contributed by atoms with Crippen molar-refractivity contribution in [1.29, 1.82) is 0 Å². The molecule has 0 saturated heterocycles. The van der Waals surface area contributed by atoms with E-state index in [1.807, 2.05) is 0 Å². The second-order valence-corrected chi connectivity index (χ2v) is 5.09. The molecule has 1 aliphatic carbocycles. The normalized spacial score (nSPS) is 16.5. The molecule has 0 aliphatic heterocycles. The Hall–Kier alpha value is -1.65. The quantitative estimate of drug-likeness (QED) is 0.891. The number of methoxy groups -OCH3 is 1. The molecule has 3 nitrogen and oxygen atoms in total. The summed E-state index contributed by atoms with van der Waals surface area (Å²) in [6.45, 7) is 1.73. The van der Waals surface area contributed by atoms with Crippen molar-refractivity contribution in [3.63, 3.8) is 0 Å². The van der Waals surface area contributed by atoms with Crippen LogP contribution in [0.15, 0.2) is 12.1 Å². The molecule has 0 aromatic heterocycles. The van der Waals surface area contributed by atoms with Crippen molar-refractivity contribution in [3.05, 3.63) is 28.8 Å². The molecule has 104 valence electrons. The predicted molar refractivity (Wildman–Crippen MR) is 65.9 cm³/mol. The minimum absolute atomic E-state index is 0.0461. The molecule has 0 atom stereocenters. The highest BCUT2D eigenvalue weighted by atomic mass is 19.3. The van der Waals surface area contributed by atoms with Crippen molar-refractivity contribution in [2.75, 3.05) is 7.11 Å². The largest absolute Gasteiger partial charge is 0.496 e. The van der Waals surface area contributed by atoms with Crippen LogP contribution >= 0.6 is 0 Å². The molecule has 1 aromatic rings. The molecule has 0 bridgehead atoms. The molecule has 0 heterocycles. The molecule has 0 radical (unpaired) electrons. The van der Waals surface area contributed by atoms with Gasteiger partial charge in [-0.25, -0.2) is 8.78 Å². The first-order valence-electron chi connectivity index (χ1n) is 6.08. The molecule has 1 aliphatic rings. The van der Waals surface area contributed by atoms with Crippen molar-refractivity contribution in [2.45, 2.75) is 38.0 Å². The average Bonchev–Trinajstić information content (AvgIpc) is 3.07. The Morgan fingerprint density at radius 1 is 1.47 bits per heavy atom. The van der Waals surface area contributed by atoms with Crippen LogP contribution in [-0.4, -0.2) is 18.2 Å². The standard InChI is InChI=1S/C14H16F2O3/c1-8-5-9(13(15)16)12(19-2)10(6-8)14(3-4-14)7-11(17)18/h5-6,13H,3-4,7H2,1-2H3,(H,17,18). The first-order valence-corrected chi connectivity index (χ1v) is 6.08. The van der Waals surface area contributed by atoms with Gasteiger partial charge < -0.3 is 9.84 Å². The van der Waals surface area contributed by atoms with Crippen LogP contribution in [0.25, 0.3) is 0 Å². The van der Waals surface area contributed by atoms with E-state index in [4.69, 9.17) is 9.84 Å². The number of carboxylic acids is 1. The molecule has 1 N–H and O–H groups in total. The van der Waals surface area contributed by atoms with Crippen molar-refractivity contribution in [1.82, 2.24) is 0 Å². The van der Waals surface area contributed by atoms with Crippen molar-refractivity contribution in [2.24, 2.45) is 0 Å². The molecule has 5 heteroatoms. The Kier molecular flexibility index (Phi) is 3.47. The third-order valence-electron chi connectivity index (χ3n) is 3.62. The van der Waals surface area contributed by atoms with Gasteiger partial charge >= 0.3 is 5.97 Å². The van der Waals surface area contributed by atoms with E-state index in [0.29, 0.717) is 24.0 Å². The summed E-state index contributed by atoms with van der Waals surface area (Å²) in [4.78, 5) is 10.9. The van der Waals surface area contributed by atoms with E-state index in [9.17, 15) is 13.6 Å². The van der Waals surface area contributed by atoms with E-state index >= 15 is 0 Å². The van der Waals surface area contributed by atoms with Gasteiger partial charge in [-0.3, -0.25) is 4.79 Å². The van der Waals surface area contributed by atoms with Gasteiger partial charge in [-0.15, -0.1) is 0 Å². The van der Waals surface area contributed by atoms with Crippen LogP contribution < -0.4 is 4.74 Å². The minimum Gasteiger partial charge on any atom is -0.496 e. The highest BCUT2D eigenvalue weighted by Crippen LogP contribution is 2.55. The average molecular weight is 270 g/mol. The Labute approximate surface area is 110 Å². The highest BCUT2D eigenvalue weighted by Gasteiger charge is 2.48. The van der Waals surface area contributed by atoms with E-state index in [-0.39, 0.29) is 17.7 Å². The fraction of sp³-hybridized carbons (Fsp3) is 0.500. The number of hydrogen-bond donors (Lipinski definition) is 1. The first-order chi connectivity index (χ1) is 8.89. The number of carboxylic acid groups (broad SMARTS) is 1. The number of ether oxygens (including phenoxy) is 1. The number of alkyl halides is 2. The minimum atomic E-state index is -2.63. The monoisotopic (exact) mass is 270 g/mol. The van der Waals surface area contributed by atoms with E-state index in [1.165, 1.54) is 13.2 Å². The van der Waals surface area contributed by atoms with Crippen LogP contribution in [0, 0.1) is 6.92 Å². The number of hydrogen-bond acceptors (Lipinski definition) is 2. The summed E-state index contributed by atoms with van der Waals surface area (Å²) in [5, 5.41) is 8.97. The Bertz CT molecular complexity index is 508. The predicted octanol–water partition coefficient (Wildman–Crippen LogP) is 3.45. The lowest BCUT2D eigenvalue weighted by atomic mass is 9.88. The number of halogens is 2. The van der Waals surface area contributed by atoms with Crippen molar-refractivity contribution < 1.29 is 23.4 Å². The van der Waals surface area contributed by atoms with Crippen molar-refractivity contribution >= 4 is 5.97 Å². The second kappa shape index (κ2) is 4.79. The van der Waals surface area contributed by atoms with Crippen LogP contribution in [0.2, 0.25) is 0 Å². The third kappa shape index (κ3) is 2.55. The Morgan fingerprint density at radius 3 is 2.53 bits per heavy atom. The molecular formula is C14H16F2O3. The highest BCUT2D eigenvalue weighted by molar-refractivity contribution is 5.71. The summed E-state index contributed by atoms with van der Waals surface area (Å²) in [6, 6.07) is 3.16. The van der Waals surface area contributed by atoms with Gasteiger partial charge in [0.1, 0.15) is 5.75 Å². The summed E-state index contributed by atoms with van der Waals surface area (Å²) in [6.07, 6.45) is -1.28. The summed E-state index contributed by atoms with van der Waals surface area (Å²) in [5.74, 6) is -0.779. The SMILES string of the molecule is COc1c(C(F)F)cc(C)cc1C1(CC(=O)O)CC1. The number of rotatable bonds is 5. The van der Waals surface area contributed by atoms with Crippen LogP contribution in [0.1, 0.15) is 42.4 Å². The maximum Gasteiger partial charge on any atom is 0.304 e. The van der Waals surface area contributed by atoms with Gasteiger partial charge in [0.15, 0.2) is 0 Å². The fourth-order valence-corrected chi connectivity index (χ4v) is 2.57. The van der Waals surface area contributed by atoms with Gasteiger partial charge in [0.05, 0.1) is 19.1 Å². The van der Waals surface area contributed by atoms with E-state index in [2.05, 4.69) is 0 Å². The molecule has 1 fully saturated rings. The van der Waals surface area contributed by atoms with Gasteiger partial charge in [0.25, 0.3) is 6.43 Å². The fourth-order valence-electron chi connectivity index (χ4n) is 2.57. The van der Waals surface area contributed by atoms with Gasteiger partial charge in [0.2, 0.25) is 0 Å². The molecule has 2 rings (SSSR count). The number of benzene rings is 1. The van der Waals surface area contributed by atoms with Gasteiger partial charge in [-0.1, -0.05) is 11.6 Å². The Morgan fingerprint density at radius 2 is 2.11 bits per heavy atom. The lowest BCUT2D eigenvalue weighted by Gasteiger charge is -2.20. The summed E-state index contributed by atoms with van der Waals surface area (Å²) < 4.78 is 31.2. The van der Waals surface area contributed by atoms with E-state index in [0.717, 1.165) is 0 Å². The molecule has 0 unspecified atom stereocenters. The van der Waals surface area contributed by atoms with Gasteiger partial charge in [-0.2, -0.15) is 0 Å². The maximum absolute atomic E-state index is 13.0. The zero-order valence-corrected chi connectivity index (χ0v) is 10.9. The molecule has 19 heavy (non-hydrogen) atoms. The molecule has 1 aromatic carbocycles. The molecule has 0 amide bonds. The lowest BCUT2D eigenvalue weighted by Crippen LogP contribution is -2.15. The zero-order chi connectivity index (χ0) is 14.2. The lowest BCUT2D eigenvalue weighted by molar-refractivity contribution is -0.137. The van der Waals surface area contributed by atoms with E-state index < -0.39 is 17.8 Å².